The lowest BCUT2D eigenvalue weighted by atomic mass is 9.81. The number of rotatable bonds is 5. The van der Waals surface area contributed by atoms with Crippen LogP contribution in [0.1, 0.15) is 83.1 Å². The van der Waals surface area contributed by atoms with Crippen molar-refractivity contribution in [3.8, 4) is 12.0 Å². The number of allylic oxidation sites excluding steroid dienone is 2. The van der Waals surface area contributed by atoms with E-state index in [1.54, 1.807) is 5.57 Å². The Bertz CT molecular complexity index is 629. The van der Waals surface area contributed by atoms with Crippen molar-refractivity contribution in [3.05, 3.63) is 47.5 Å². The SMILES string of the molecule is CC(C)(CC#CO[C@@H]1CCCC[C@H]1c1ccccc1)CC1=CCCC1. The summed E-state index contributed by atoms with van der Waals surface area (Å²) >= 11 is 0. The summed E-state index contributed by atoms with van der Waals surface area (Å²) < 4.78 is 6.04. The first kappa shape index (κ1) is 18.1. The first-order valence-electron chi connectivity index (χ1n) is 10.0. The number of hydrogen-bond acceptors (Lipinski definition) is 1. The van der Waals surface area contributed by atoms with Crippen molar-refractivity contribution >= 4 is 0 Å². The molecule has 0 saturated heterocycles. The number of hydrogen-bond donors (Lipinski definition) is 0. The fourth-order valence-electron chi connectivity index (χ4n) is 4.29. The third-order valence-electron chi connectivity index (χ3n) is 5.62. The lowest BCUT2D eigenvalue weighted by molar-refractivity contribution is 0.101. The van der Waals surface area contributed by atoms with E-state index in [2.05, 4.69) is 62.3 Å². The maximum atomic E-state index is 6.04. The first-order chi connectivity index (χ1) is 12.1. The topological polar surface area (TPSA) is 9.23 Å². The average molecular weight is 337 g/mol. The quantitative estimate of drug-likeness (QED) is 0.434. The minimum absolute atomic E-state index is 0.248. The standard InChI is InChI=1S/C24H32O/c1-24(2,19-20-11-6-7-12-20)17-10-18-25-23-16-9-8-15-22(23)21-13-4-3-5-14-21/h3-5,11,13-14,22-23H,6-9,12,15-17,19H2,1-2H3/t22-,23+/m0/s1. The lowest BCUT2D eigenvalue weighted by Gasteiger charge is -2.30. The van der Waals surface area contributed by atoms with Crippen LogP contribution in [0.3, 0.4) is 0 Å². The second-order valence-corrected chi connectivity index (χ2v) is 8.51. The maximum Gasteiger partial charge on any atom is 0.117 e. The zero-order chi connectivity index (χ0) is 17.5. The van der Waals surface area contributed by atoms with Crippen molar-refractivity contribution in [3.63, 3.8) is 0 Å². The highest BCUT2D eigenvalue weighted by atomic mass is 16.5. The van der Waals surface area contributed by atoms with Crippen LogP contribution in [-0.4, -0.2) is 6.10 Å². The molecule has 0 amide bonds. The Morgan fingerprint density at radius 3 is 2.64 bits per heavy atom. The molecule has 1 fully saturated rings. The fraction of sp³-hybridized carbons (Fsp3) is 0.583. The average Bonchev–Trinajstić information content (AvgIpc) is 3.12. The van der Waals surface area contributed by atoms with Crippen LogP contribution in [0.15, 0.2) is 42.0 Å². The molecule has 3 rings (SSSR count). The molecule has 1 aromatic rings. The summed E-state index contributed by atoms with van der Waals surface area (Å²) in [6.07, 6.45) is 16.6. The predicted molar refractivity (Wildman–Crippen MR) is 105 cm³/mol. The zero-order valence-electron chi connectivity index (χ0n) is 15.9. The Labute approximate surface area is 153 Å². The molecular weight excluding hydrogens is 304 g/mol. The van der Waals surface area contributed by atoms with Crippen LogP contribution in [0.2, 0.25) is 0 Å². The monoisotopic (exact) mass is 336 g/mol. The van der Waals surface area contributed by atoms with Gasteiger partial charge in [-0.15, -0.1) is 0 Å². The highest BCUT2D eigenvalue weighted by Gasteiger charge is 2.27. The third-order valence-corrected chi connectivity index (χ3v) is 5.62. The Kier molecular flexibility index (Phi) is 6.24. The molecule has 0 heterocycles. The van der Waals surface area contributed by atoms with Crippen LogP contribution in [0.5, 0.6) is 0 Å². The Morgan fingerprint density at radius 1 is 1.08 bits per heavy atom. The van der Waals surface area contributed by atoms with Gasteiger partial charge < -0.3 is 4.74 Å². The number of benzene rings is 1. The molecule has 25 heavy (non-hydrogen) atoms. The van der Waals surface area contributed by atoms with Crippen molar-refractivity contribution in [2.45, 2.75) is 83.7 Å². The van der Waals surface area contributed by atoms with Crippen LogP contribution < -0.4 is 0 Å². The summed E-state index contributed by atoms with van der Waals surface area (Å²) in [5.41, 5.74) is 3.28. The number of ether oxygens (including phenoxy) is 1. The van der Waals surface area contributed by atoms with Crippen molar-refractivity contribution in [2.24, 2.45) is 5.41 Å². The summed E-state index contributed by atoms with van der Waals surface area (Å²) in [6.45, 7) is 4.66. The van der Waals surface area contributed by atoms with Crippen LogP contribution in [-0.2, 0) is 4.74 Å². The van der Waals surface area contributed by atoms with E-state index in [1.807, 2.05) is 0 Å². The molecule has 134 valence electrons. The second-order valence-electron chi connectivity index (χ2n) is 8.51. The van der Waals surface area contributed by atoms with Crippen LogP contribution >= 0.6 is 0 Å². The minimum atomic E-state index is 0.248. The van der Waals surface area contributed by atoms with Crippen molar-refractivity contribution < 1.29 is 4.74 Å². The Morgan fingerprint density at radius 2 is 1.88 bits per heavy atom. The molecule has 2 atom stereocenters. The van der Waals surface area contributed by atoms with Gasteiger partial charge >= 0.3 is 0 Å². The van der Waals surface area contributed by atoms with E-state index in [0.29, 0.717) is 5.92 Å². The van der Waals surface area contributed by atoms with Crippen molar-refractivity contribution in [1.82, 2.24) is 0 Å². The van der Waals surface area contributed by atoms with Crippen molar-refractivity contribution in [2.75, 3.05) is 0 Å². The molecule has 0 radical (unpaired) electrons. The highest BCUT2D eigenvalue weighted by molar-refractivity contribution is 5.21. The van der Waals surface area contributed by atoms with Gasteiger partial charge in [0.2, 0.25) is 0 Å². The van der Waals surface area contributed by atoms with E-state index in [4.69, 9.17) is 4.74 Å². The van der Waals surface area contributed by atoms with Crippen molar-refractivity contribution in [1.29, 1.82) is 0 Å². The molecule has 0 aromatic heterocycles. The molecule has 0 unspecified atom stereocenters. The van der Waals surface area contributed by atoms with Gasteiger partial charge in [0.1, 0.15) is 12.2 Å². The predicted octanol–water partition coefficient (Wildman–Crippen LogP) is 6.61. The molecule has 0 bridgehead atoms. The smallest absolute Gasteiger partial charge is 0.117 e. The molecule has 1 aromatic carbocycles. The van der Waals surface area contributed by atoms with E-state index >= 15 is 0 Å². The molecule has 1 nitrogen and oxygen atoms in total. The van der Waals surface area contributed by atoms with Gasteiger partial charge in [0, 0.05) is 12.3 Å². The first-order valence-corrected chi connectivity index (χ1v) is 10.0. The summed E-state index contributed by atoms with van der Waals surface area (Å²) in [6, 6.07) is 10.8. The summed E-state index contributed by atoms with van der Waals surface area (Å²) in [7, 11) is 0. The van der Waals surface area contributed by atoms with Gasteiger partial charge in [0.15, 0.2) is 0 Å². The second kappa shape index (κ2) is 8.61. The minimum Gasteiger partial charge on any atom is -0.443 e. The molecule has 1 saturated carbocycles. The maximum absolute atomic E-state index is 6.04. The van der Waals surface area contributed by atoms with Gasteiger partial charge in [-0.05, 0) is 55.9 Å². The van der Waals surface area contributed by atoms with Gasteiger partial charge in [-0.3, -0.25) is 0 Å². The fourth-order valence-corrected chi connectivity index (χ4v) is 4.29. The normalized spacial score (nSPS) is 23.5. The summed E-state index contributed by atoms with van der Waals surface area (Å²) in [5, 5.41) is 0. The molecule has 2 aliphatic carbocycles. The molecule has 0 N–H and O–H groups in total. The van der Waals surface area contributed by atoms with E-state index in [1.165, 1.54) is 50.5 Å². The third kappa shape index (κ3) is 5.40. The molecular formula is C24H32O. The van der Waals surface area contributed by atoms with Gasteiger partial charge in [-0.1, -0.05) is 68.2 Å². The Hall–Kier alpha value is -1.68. The van der Waals surface area contributed by atoms with Crippen LogP contribution in [0, 0.1) is 17.4 Å². The van der Waals surface area contributed by atoms with Gasteiger partial charge in [0.25, 0.3) is 0 Å². The van der Waals surface area contributed by atoms with Crippen LogP contribution in [0.25, 0.3) is 0 Å². The molecule has 0 aliphatic heterocycles. The van der Waals surface area contributed by atoms with E-state index < -0.39 is 0 Å². The molecule has 2 aliphatic rings. The largest absolute Gasteiger partial charge is 0.443 e. The van der Waals surface area contributed by atoms with E-state index in [9.17, 15) is 0 Å². The Balaban J connectivity index is 1.54. The highest BCUT2D eigenvalue weighted by Crippen LogP contribution is 2.35. The summed E-state index contributed by atoms with van der Waals surface area (Å²) in [5.74, 6) is 3.82. The zero-order valence-corrected chi connectivity index (χ0v) is 15.9. The molecule has 1 heteroatoms. The van der Waals surface area contributed by atoms with Gasteiger partial charge in [-0.25, -0.2) is 0 Å². The molecule has 0 spiro atoms. The van der Waals surface area contributed by atoms with E-state index in [0.717, 1.165) is 12.8 Å². The summed E-state index contributed by atoms with van der Waals surface area (Å²) in [4.78, 5) is 0. The van der Waals surface area contributed by atoms with Crippen LogP contribution in [0.4, 0.5) is 0 Å². The van der Waals surface area contributed by atoms with Gasteiger partial charge in [-0.2, -0.15) is 0 Å². The lowest BCUT2D eigenvalue weighted by Crippen LogP contribution is -2.24. The van der Waals surface area contributed by atoms with E-state index in [-0.39, 0.29) is 11.5 Å². The van der Waals surface area contributed by atoms with Gasteiger partial charge in [0.05, 0.1) is 0 Å².